The van der Waals surface area contributed by atoms with Gasteiger partial charge in [-0.25, -0.2) is 4.39 Å². The number of carbonyl (C=O) groups is 1. The van der Waals surface area contributed by atoms with Crippen LogP contribution in [0.1, 0.15) is 45.4 Å². The van der Waals surface area contributed by atoms with Gasteiger partial charge in [-0.15, -0.1) is 0 Å². The predicted molar refractivity (Wildman–Crippen MR) is 95.3 cm³/mol. The molecule has 0 aliphatic carbocycles. The lowest BCUT2D eigenvalue weighted by Gasteiger charge is -2.37. The molecule has 0 spiro atoms. The molecule has 2 heterocycles. The molecule has 5 rings (SSSR count). The van der Waals surface area contributed by atoms with E-state index in [2.05, 4.69) is 12.1 Å². The number of benzene rings is 3. The molecule has 0 saturated carbocycles. The molecule has 3 heteroatoms. The van der Waals surface area contributed by atoms with E-state index in [4.69, 9.17) is 0 Å². The summed E-state index contributed by atoms with van der Waals surface area (Å²) in [7, 11) is 0. The zero-order chi connectivity index (χ0) is 17.0. The van der Waals surface area contributed by atoms with E-state index in [1.165, 1.54) is 6.07 Å². The maximum Gasteiger partial charge on any atom is 0.259 e. The SMILES string of the molecule is O=C1c2ccccc2C2CC(c3ccccc3)c3cc(F)ccc3N12. The summed E-state index contributed by atoms with van der Waals surface area (Å²) in [5, 5.41) is 0. The first kappa shape index (κ1) is 14.4. The third-order valence-electron chi connectivity index (χ3n) is 5.37. The van der Waals surface area contributed by atoms with Gasteiger partial charge in [0.05, 0.1) is 6.04 Å². The van der Waals surface area contributed by atoms with E-state index in [-0.39, 0.29) is 23.7 Å². The van der Waals surface area contributed by atoms with Crippen molar-refractivity contribution in [1.82, 2.24) is 0 Å². The second-order valence-corrected chi connectivity index (χ2v) is 6.68. The lowest BCUT2D eigenvalue weighted by Crippen LogP contribution is -2.34. The van der Waals surface area contributed by atoms with Crippen LogP contribution in [0, 0.1) is 5.82 Å². The van der Waals surface area contributed by atoms with Crippen LogP contribution >= 0.6 is 0 Å². The number of rotatable bonds is 1. The van der Waals surface area contributed by atoms with E-state index >= 15 is 0 Å². The first-order valence-corrected chi connectivity index (χ1v) is 8.51. The number of amides is 1. The Balaban J connectivity index is 1.73. The maximum atomic E-state index is 14.0. The highest BCUT2D eigenvalue weighted by molar-refractivity contribution is 6.11. The third kappa shape index (κ3) is 2.05. The highest BCUT2D eigenvalue weighted by atomic mass is 19.1. The second-order valence-electron chi connectivity index (χ2n) is 6.68. The fourth-order valence-electron chi connectivity index (χ4n) is 4.28. The van der Waals surface area contributed by atoms with Gasteiger partial charge in [0.1, 0.15) is 5.82 Å². The number of hydrogen-bond acceptors (Lipinski definition) is 1. The number of carbonyl (C=O) groups excluding carboxylic acids is 1. The molecular weight excluding hydrogens is 313 g/mol. The van der Waals surface area contributed by atoms with E-state index in [1.54, 1.807) is 12.1 Å². The Morgan fingerprint density at radius 3 is 2.48 bits per heavy atom. The van der Waals surface area contributed by atoms with Gasteiger partial charge in [-0.05, 0) is 47.4 Å². The quantitative estimate of drug-likeness (QED) is 0.611. The van der Waals surface area contributed by atoms with Crippen molar-refractivity contribution < 1.29 is 9.18 Å². The van der Waals surface area contributed by atoms with Crippen molar-refractivity contribution in [3.8, 4) is 0 Å². The molecule has 25 heavy (non-hydrogen) atoms. The van der Waals surface area contributed by atoms with Crippen LogP contribution in [-0.2, 0) is 0 Å². The van der Waals surface area contributed by atoms with E-state index < -0.39 is 0 Å². The Labute approximate surface area is 145 Å². The highest BCUT2D eigenvalue weighted by Gasteiger charge is 2.43. The van der Waals surface area contributed by atoms with Crippen molar-refractivity contribution in [2.45, 2.75) is 18.4 Å². The fourth-order valence-corrected chi connectivity index (χ4v) is 4.28. The van der Waals surface area contributed by atoms with E-state index in [0.717, 1.165) is 34.4 Å². The van der Waals surface area contributed by atoms with Crippen molar-refractivity contribution in [2.24, 2.45) is 0 Å². The minimum Gasteiger partial charge on any atom is -0.301 e. The molecule has 2 aliphatic heterocycles. The molecule has 0 radical (unpaired) electrons. The summed E-state index contributed by atoms with van der Waals surface area (Å²) in [5.41, 5.74) is 4.71. The Hall–Kier alpha value is -2.94. The Bertz CT molecular complexity index is 982. The van der Waals surface area contributed by atoms with Gasteiger partial charge in [-0.3, -0.25) is 4.79 Å². The molecule has 2 atom stereocenters. The van der Waals surface area contributed by atoms with Crippen molar-refractivity contribution in [2.75, 3.05) is 4.90 Å². The minimum atomic E-state index is -0.262. The summed E-state index contributed by atoms with van der Waals surface area (Å²) >= 11 is 0. The summed E-state index contributed by atoms with van der Waals surface area (Å²) < 4.78 is 14.0. The number of nitrogens with zero attached hydrogens (tertiary/aromatic N) is 1. The van der Waals surface area contributed by atoms with Gasteiger partial charge in [0, 0.05) is 17.2 Å². The molecule has 0 fully saturated rings. The van der Waals surface area contributed by atoms with Gasteiger partial charge >= 0.3 is 0 Å². The zero-order valence-electron chi connectivity index (χ0n) is 13.5. The van der Waals surface area contributed by atoms with Crippen LogP contribution in [0.2, 0.25) is 0 Å². The topological polar surface area (TPSA) is 20.3 Å². The van der Waals surface area contributed by atoms with Crippen LogP contribution in [-0.4, -0.2) is 5.91 Å². The van der Waals surface area contributed by atoms with Gasteiger partial charge in [0.15, 0.2) is 0 Å². The number of hydrogen-bond donors (Lipinski definition) is 0. The first-order chi connectivity index (χ1) is 12.2. The minimum absolute atomic E-state index is 0.00636. The lowest BCUT2D eigenvalue weighted by atomic mass is 9.80. The Morgan fingerprint density at radius 1 is 0.880 bits per heavy atom. The molecule has 2 nitrogen and oxygen atoms in total. The smallest absolute Gasteiger partial charge is 0.259 e. The van der Waals surface area contributed by atoms with Crippen LogP contribution in [0.3, 0.4) is 0 Å². The van der Waals surface area contributed by atoms with E-state index in [0.29, 0.717) is 0 Å². The average Bonchev–Trinajstić information content (AvgIpc) is 2.94. The summed E-state index contributed by atoms with van der Waals surface area (Å²) in [6.45, 7) is 0. The standard InChI is InChI=1S/C22H16FNO/c23-15-10-11-20-19(12-15)18(14-6-2-1-3-7-14)13-21-16-8-4-5-9-17(16)22(25)24(20)21/h1-12,18,21H,13H2. The summed E-state index contributed by atoms with van der Waals surface area (Å²) in [5.74, 6) is -0.172. The van der Waals surface area contributed by atoms with Crippen molar-refractivity contribution in [1.29, 1.82) is 0 Å². The van der Waals surface area contributed by atoms with E-state index in [1.807, 2.05) is 47.4 Å². The van der Waals surface area contributed by atoms with Gasteiger partial charge in [-0.2, -0.15) is 0 Å². The normalized spacial score (nSPS) is 20.8. The van der Waals surface area contributed by atoms with Crippen LogP contribution in [0.4, 0.5) is 10.1 Å². The zero-order valence-corrected chi connectivity index (χ0v) is 13.5. The lowest BCUT2D eigenvalue weighted by molar-refractivity contribution is 0.0988. The van der Waals surface area contributed by atoms with Crippen molar-refractivity contribution in [3.63, 3.8) is 0 Å². The summed E-state index contributed by atoms with van der Waals surface area (Å²) in [6.07, 6.45) is 0.767. The first-order valence-electron chi connectivity index (χ1n) is 8.51. The molecule has 0 saturated heterocycles. The number of fused-ring (bicyclic) bond motifs is 5. The average molecular weight is 329 g/mol. The summed E-state index contributed by atoms with van der Waals surface area (Å²) in [4.78, 5) is 14.8. The van der Waals surface area contributed by atoms with Gasteiger partial charge in [0.2, 0.25) is 0 Å². The maximum absolute atomic E-state index is 14.0. The molecule has 0 N–H and O–H groups in total. The molecule has 0 bridgehead atoms. The highest BCUT2D eigenvalue weighted by Crippen LogP contribution is 2.51. The van der Waals surface area contributed by atoms with Crippen molar-refractivity contribution in [3.05, 3.63) is 101 Å². The Kier molecular flexibility index (Phi) is 3.04. The number of halogens is 1. The molecule has 2 unspecified atom stereocenters. The molecule has 3 aromatic rings. The van der Waals surface area contributed by atoms with Crippen LogP contribution in [0.15, 0.2) is 72.8 Å². The molecule has 0 aromatic heterocycles. The van der Waals surface area contributed by atoms with Gasteiger partial charge < -0.3 is 4.90 Å². The van der Waals surface area contributed by atoms with Crippen LogP contribution in [0.25, 0.3) is 0 Å². The molecule has 3 aromatic carbocycles. The van der Waals surface area contributed by atoms with E-state index in [9.17, 15) is 9.18 Å². The molecule has 2 aliphatic rings. The van der Waals surface area contributed by atoms with Gasteiger partial charge in [-0.1, -0.05) is 48.5 Å². The van der Waals surface area contributed by atoms with Crippen molar-refractivity contribution >= 4 is 11.6 Å². The fraction of sp³-hybridized carbons (Fsp3) is 0.136. The number of anilines is 1. The predicted octanol–water partition coefficient (Wildman–Crippen LogP) is 5.06. The van der Waals surface area contributed by atoms with Crippen LogP contribution < -0.4 is 4.90 Å². The largest absolute Gasteiger partial charge is 0.301 e. The molecule has 122 valence electrons. The van der Waals surface area contributed by atoms with Crippen LogP contribution in [0.5, 0.6) is 0 Å². The monoisotopic (exact) mass is 329 g/mol. The van der Waals surface area contributed by atoms with Gasteiger partial charge in [0.25, 0.3) is 5.91 Å². The second kappa shape index (κ2) is 5.28. The summed E-state index contributed by atoms with van der Waals surface area (Å²) in [6, 6.07) is 22.7. The molecule has 1 amide bonds. The third-order valence-corrected chi connectivity index (χ3v) is 5.37. The molecular formula is C22H16FNO. The Morgan fingerprint density at radius 2 is 1.64 bits per heavy atom.